The third-order valence-corrected chi connectivity index (χ3v) is 9.70. The number of halogens is 5. The first kappa shape index (κ1) is 26.2. The predicted molar refractivity (Wildman–Crippen MR) is 144 cm³/mol. The lowest BCUT2D eigenvalue weighted by Crippen LogP contribution is -2.43. The molecule has 40 heavy (non-hydrogen) atoms. The van der Waals surface area contributed by atoms with Gasteiger partial charge in [-0.1, -0.05) is 23.7 Å². The lowest BCUT2D eigenvalue weighted by atomic mass is 9.95. The summed E-state index contributed by atoms with van der Waals surface area (Å²) in [4.78, 5) is 18.0. The van der Waals surface area contributed by atoms with Crippen LogP contribution in [0.15, 0.2) is 24.4 Å². The molecule has 1 saturated carbocycles. The second-order valence-corrected chi connectivity index (χ2v) is 12.2. The summed E-state index contributed by atoms with van der Waals surface area (Å²) in [5.74, 6) is 0.662. The Morgan fingerprint density at radius 3 is 2.48 bits per heavy atom. The first-order chi connectivity index (χ1) is 19.2. The quantitative estimate of drug-likeness (QED) is 0.314. The topological polar surface area (TPSA) is 54.4 Å². The molecule has 5 heterocycles. The monoisotopic (exact) mass is 575 g/mol. The summed E-state index contributed by atoms with van der Waals surface area (Å²) in [6, 6.07) is 3.72. The van der Waals surface area contributed by atoms with Gasteiger partial charge in [0.15, 0.2) is 5.82 Å². The minimum absolute atomic E-state index is 0.0479. The number of aromatic nitrogens is 3. The van der Waals surface area contributed by atoms with E-state index in [-0.39, 0.29) is 17.1 Å². The second-order valence-electron chi connectivity index (χ2n) is 11.8. The van der Waals surface area contributed by atoms with E-state index in [9.17, 15) is 13.2 Å². The molecular formula is C29H30ClF4N5O. The predicted octanol–water partition coefficient (Wildman–Crippen LogP) is 6.75. The number of piperidine rings is 1. The zero-order valence-electron chi connectivity index (χ0n) is 22.0. The summed E-state index contributed by atoms with van der Waals surface area (Å²) in [7, 11) is 0. The highest BCUT2D eigenvalue weighted by molar-refractivity contribution is 6.31. The normalized spacial score (nSPS) is 24.2. The fourth-order valence-corrected chi connectivity index (χ4v) is 7.85. The molecule has 7 rings (SSSR count). The van der Waals surface area contributed by atoms with Gasteiger partial charge < -0.3 is 9.64 Å². The molecule has 1 aliphatic carbocycles. The Labute approximate surface area is 234 Å². The molecule has 3 saturated heterocycles. The minimum Gasteiger partial charge on any atom is -0.461 e. The van der Waals surface area contributed by atoms with Crippen molar-refractivity contribution in [1.82, 2.24) is 19.9 Å². The van der Waals surface area contributed by atoms with E-state index in [0.717, 1.165) is 70.8 Å². The summed E-state index contributed by atoms with van der Waals surface area (Å²) in [6.45, 7) is 4.05. The van der Waals surface area contributed by atoms with Gasteiger partial charge in [0.1, 0.15) is 23.6 Å². The van der Waals surface area contributed by atoms with Crippen LogP contribution in [0.4, 0.5) is 23.4 Å². The summed E-state index contributed by atoms with van der Waals surface area (Å²) >= 11 is 5.94. The number of pyridine rings is 1. The molecule has 11 heteroatoms. The van der Waals surface area contributed by atoms with Crippen LogP contribution in [0.2, 0.25) is 5.02 Å². The van der Waals surface area contributed by atoms with Gasteiger partial charge in [0.05, 0.1) is 21.5 Å². The van der Waals surface area contributed by atoms with Crippen molar-refractivity contribution in [3.63, 3.8) is 0 Å². The molecule has 2 aromatic heterocycles. The van der Waals surface area contributed by atoms with Crippen LogP contribution >= 0.6 is 11.6 Å². The molecule has 2 bridgehead atoms. The number of fused-ring (bicyclic) bond motifs is 4. The molecule has 0 radical (unpaired) electrons. The van der Waals surface area contributed by atoms with Crippen molar-refractivity contribution in [3.05, 3.63) is 40.8 Å². The highest BCUT2D eigenvalue weighted by atomic mass is 35.5. The van der Waals surface area contributed by atoms with Crippen LogP contribution in [-0.2, 0) is 6.18 Å². The second kappa shape index (κ2) is 9.69. The molecule has 0 N–H and O–H groups in total. The average molecular weight is 576 g/mol. The van der Waals surface area contributed by atoms with E-state index in [0.29, 0.717) is 29.6 Å². The molecule has 6 nitrogen and oxygen atoms in total. The smallest absolute Gasteiger partial charge is 0.418 e. The molecule has 2 atom stereocenters. The van der Waals surface area contributed by atoms with Crippen molar-refractivity contribution in [2.24, 2.45) is 11.8 Å². The first-order valence-electron chi connectivity index (χ1n) is 14.1. The van der Waals surface area contributed by atoms with E-state index in [2.05, 4.69) is 19.8 Å². The maximum Gasteiger partial charge on any atom is 0.418 e. The van der Waals surface area contributed by atoms with E-state index < -0.39 is 33.8 Å². The minimum atomic E-state index is -4.79. The lowest BCUT2D eigenvalue weighted by Gasteiger charge is -2.34. The van der Waals surface area contributed by atoms with Gasteiger partial charge in [0, 0.05) is 24.8 Å². The van der Waals surface area contributed by atoms with Crippen molar-refractivity contribution in [1.29, 1.82) is 0 Å². The van der Waals surface area contributed by atoms with Crippen molar-refractivity contribution < 1.29 is 22.3 Å². The molecule has 4 fully saturated rings. The number of anilines is 1. The van der Waals surface area contributed by atoms with E-state index in [1.165, 1.54) is 24.8 Å². The van der Waals surface area contributed by atoms with Crippen LogP contribution < -0.4 is 9.64 Å². The van der Waals surface area contributed by atoms with Crippen LogP contribution in [0, 0.1) is 17.7 Å². The van der Waals surface area contributed by atoms with Crippen LogP contribution in [0.1, 0.15) is 50.5 Å². The van der Waals surface area contributed by atoms with Gasteiger partial charge in [-0.3, -0.25) is 9.88 Å². The first-order valence-corrected chi connectivity index (χ1v) is 14.4. The molecule has 212 valence electrons. The molecule has 0 amide bonds. The fourth-order valence-electron chi connectivity index (χ4n) is 7.57. The summed E-state index contributed by atoms with van der Waals surface area (Å²) in [5, 5.41) is -0.147. The van der Waals surface area contributed by atoms with Gasteiger partial charge in [-0.05, 0) is 75.9 Å². The van der Waals surface area contributed by atoms with E-state index in [1.54, 1.807) is 0 Å². The number of rotatable bonds is 5. The third-order valence-electron chi connectivity index (χ3n) is 9.38. The zero-order chi connectivity index (χ0) is 27.6. The van der Waals surface area contributed by atoms with Crippen molar-refractivity contribution in [2.45, 2.75) is 56.7 Å². The molecule has 2 unspecified atom stereocenters. The Morgan fingerprint density at radius 2 is 1.77 bits per heavy atom. The van der Waals surface area contributed by atoms with Crippen molar-refractivity contribution >= 4 is 28.3 Å². The van der Waals surface area contributed by atoms with Gasteiger partial charge in [0.25, 0.3) is 0 Å². The lowest BCUT2D eigenvalue weighted by molar-refractivity contribution is -0.137. The molecule has 3 aliphatic heterocycles. The Bertz CT molecular complexity index is 1440. The van der Waals surface area contributed by atoms with Crippen LogP contribution in [0.3, 0.4) is 0 Å². The highest BCUT2D eigenvalue weighted by Crippen LogP contribution is 2.44. The number of benzene rings is 1. The van der Waals surface area contributed by atoms with Gasteiger partial charge in [-0.25, -0.2) is 4.39 Å². The Balaban J connectivity index is 1.34. The van der Waals surface area contributed by atoms with Gasteiger partial charge in [0.2, 0.25) is 0 Å². The number of hydrogen-bond donors (Lipinski definition) is 0. The van der Waals surface area contributed by atoms with Crippen LogP contribution in [0.5, 0.6) is 6.01 Å². The Morgan fingerprint density at radius 1 is 1.05 bits per heavy atom. The zero-order valence-corrected chi connectivity index (χ0v) is 22.7. The highest BCUT2D eigenvalue weighted by Gasteiger charge is 2.45. The fraction of sp³-hybridized carbons (Fsp3) is 0.552. The largest absolute Gasteiger partial charge is 0.461 e. The molecule has 3 aromatic rings. The summed E-state index contributed by atoms with van der Waals surface area (Å²) < 4.78 is 64.3. The van der Waals surface area contributed by atoms with E-state index >= 15 is 4.39 Å². The SMILES string of the molecule is Fc1c(-c2cccc(Cl)c2C(F)(F)F)ncc2c(N3CC4CCC(C4)C3)nc(OCC34CCCN3CCC4)nc12. The number of ether oxygens (including phenoxy) is 1. The van der Waals surface area contributed by atoms with Gasteiger partial charge in [-0.15, -0.1) is 0 Å². The van der Waals surface area contributed by atoms with Crippen LogP contribution in [0.25, 0.3) is 22.2 Å². The van der Waals surface area contributed by atoms with E-state index in [4.69, 9.17) is 21.3 Å². The maximum absolute atomic E-state index is 16.3. The number of hydrogen-bond acceptors (Lipinski definition) is 6. The van der Waals surface area contributed by atoms with Crippen LogP contribution in [-0.4, -0.2) is 58.2 Å². The third kappa shape index (κ3) is 4.38. The summed E-state index contributed by atoms with van der Waals surface area (Å²) in [5.41, 5.74) is -2.16. The average Bonchev–Trinajstić information content (AvgIpc) is 3.60. The maximum atomic E-state index is 16.3. The molecule has 0 spiro atoms. The Kier molecular flexibility index (Phi) is 6.34. The number of alkyl halides is 3. The molecule has 1 aromatic carbocycles. The van der Waals surface area contributed by atoms with Crippen molar-refractivity contribution in [2.75, 3.05) is 37.7 Å². The van der Waals surface area contributed by atoms with Crippen molar-refractivity contribution in [3.8, 4) is 17.3 Å². The standard InChI is InChI=1S/C29H30ClF4N5O/c30-21-5-1-4-19(22(21)29(32,33)34)24-23(31)25-20(13-35-24)26(38-14-17-6-7-18(12-17)15-38)37-27(36-25)40-16-28-8-2-10-39(28)11-3-9-28/h1,4-5,13,17-18H,2-3,6-12,14-16H2. The molecule has 4 aliphatic rings. The van der Waals surface area contributed by atoms with Gasteiger partial charge >= 0.3 is 12.2 Å². The summed E-state index contributed by atoms with van der Waals surface area (Å²) in [6.07, 6.45) is 4.34. The van der Waals surface area contributed by atoms with Gasteiger partial charge in [-0.2, -0.15) is 23.1 Å². The van der Waals surface area contributed by atoms with E-state index in [1.807, 2.05) is 0 Å². The Hall–Kier alpha value is -2.72. The molecular weight excluding hydrogens is 546 g/mol. The number of nitrogens with zero attached hydrogens (tertiary/aromatic N) is 5.